The van der Waals surface area contributed by atoms with Crippen molar-refractivity contribution in [2.45, 2.75) is 20.0 Å². The molecule has 0 bridgehead atoms. The molecule has 4 nitrogen and oxygen atoms in total. The zero-order valence-electron chi connectivity index (χ0n) is 9.98. The molecule has 5 heteroatoms. The van der Waals surface area contributed by atoms with Crippen molar-refractivity contribution >= 4 is 15.9 Å². The van der Waals surface area contributed by atoms with Crippen molar-refractivity contribution in [3.05, 3.63) is 45.4 Å². The Bertz CT molecular complexity index is 511. The lowest BCUT2D eigenvalue weighted by atomic mass is 10.1. The molecular weight excluding hydrogens is 282 g/mol. The highest BCUT2D eigenvalue weighted by atomic mass is 79.9. The first-order chi connectivity index (χ1) is 7.99. The van der Waals surface area contributed by atoms with Gasteiger partial charge < -0.3 is 5.11 Å². The lowest BCUT2D eigenvalue weighted by Gasteiger charge is -2.13. The van der Waals surface area contributed by atoms with Crippen molar-refractivity contribution in [3.63, 3.8) is 0 Å². The number of nitrogens with zero attached hydrogens (tertiary/aromatic N) is 3. The van der Waals surface area contributed by atoms with Gasteiger partial charge in [-0.3, -0.25) is 9.67 Å². The van der Waals surface area contributed by atoms with Gasteiger partial charge in [0.1, 0.15) is 6.10 Å². The normalized spacial score (nSPS) is 12.8. The Balaban J connectivity index is 2.47. The number of hydrogen-bond acceptors (Lipinski definition) is 3. The quantitative estimate of drug-likeness (QED) is 0.925. The number of rotatable bonds is 2. The van der Waals surface area contributed by atoms with E-state index in [2.05, 4.69) is 26.0 Å². The first-order valence-electron chi connectivity index (χ1n) is 5.29. The molecule has 0 fully saturated rings. The SMILES string of the molecule is Cc1cc(C)nc(C(O)c2c(Br)cnn2C)c1. The summed E-state index contributed by atoms with van der Waals surface area (Å²) in [5, 5.41) is 14.4. The maximum absolute atomic E-state index is 10.3. The van der Waals surface area contributed by atoms with E-state index in [1.54, 1.807) is 17.9 Å². The number of halogens is 1. The molecule has 2 aromatic rings. The number of pyridine rings is 1. The fourth-order valence-electron chi connectivity index (χ4n) is 1.88. The van der Waals surface area contributed by atoms with Gasteiger partial charge in [-0.1, -0.05) is 0 Å². The molecule has 17 heavy (non-hydrogen) atoms. The molecule has 2 aromatic heterocycles. The summed E-state index contributed by atoms with van der Waals surface area (Å²) < 4.78 is 2.43. The van der Waals surface area contributed by atoms with Gasteiger partial charge in [0.05, 0.1) is 22.1 Å². The smallest absolute Gasteiger partial charge is 0.139 e. The lowest BCUT2D eigenvalue weighted by Crippen LogP contribution is -2.09. The van der Waals surface area contributed by atoms with E-state index in [1.807, 2.05) is 26.0 Å². The van der Waals surface area contributed by atoms with Crippen LogP contribution in [0.5, 0.6) is 0 Å². The van der Waals surface area contributed by atoms with Gasteiger partial charge in [0.2, 0.25) is 0 Å². The van der Waals surface area contributed by atoms with Crippen LogP contribution < -0.4 is 0 Å². The van der Waals surface area contributed by atoms with Crippen molar-refractivity contribution in [1.29, 1.82) is 0 Å². The second kappa shape index (κ2) is 4.58. The molecule has 0 aromatic carbocycles. The minimum absolute atomic E-state index is 0.645. The van der Waals surface area contributed by atoms with Gasteiger partial charge in [-0.15, -0.1) is 0 Å². The van der Waals surface area contributed by atoms with Crippen LogP contribution in [0.1, 0.15) is 28.7 Å². The monoisotopic (exact) mass is 295 g/mol. The second-order valence-electron chi connectivity index (χ2n) is 4.11. The summed E-state index contributed by atoms with van der Waals surface area (Å²) in [4.78, 5) is 4.36. The van der Waals surface area contributed by atoms with Gasteiger partial charge in [0.15, 0.2) is 0 Å². The summed E-state index contributed by atoms with van der Waals surface area (Å²) in [6.45, 7) is 3.91. The minimum atomic E-state index is -0.768. The van der Waals surface area contributed by atoms with Gasteiger partial charge in [-0.05, 0) is 47.5 Å². The highest BCUT2D eigenvalue weighted by Crippen LogP contribution is 2.27. The molecular formula is C12H14BrN3O. The van der Waals surface area contributed by atoms with E-state index < -0.39 is 6.10 Å². The van der Waals surface area contributed by atoms with E-state index in [-0.39, 0.29) is 0 Å². The highest BCUT2D eigenvalue weighted by Gasteiger charge is 2.19. The van der Waals surface area contributed by atoms with Gasteiger partial charge in [-0.25, -0.2) is 0 Å². The summed E-state index contributed by atoms with van der Waals surface area (Å²) in [5.41, 5.74) is 3.34. The molecule has 1 atom stereocenters. The molecule has 0 aliphatic heterocycles. The summed E-state index contributed by atoms with van der Waals surface area (Å²) >= 11 is 3.38. The lowest BCUT2D eigenvalue weighted by molar-refractivity contribution is 0.204. The Morgan fingerprint density at radius 2 is 2.06 bits per heavy atom. The van der Waals surface area contributed by atoms with Crippen LogP contribution in [-0.4, -0.2) is 19.9 Å². The molecule has 0 amide bonds. The minimum Gasteiger partial charge on any atom is -0.380 e. The Morgan fingerprint density at radius 3 is 2.59 bits per heavy atom. The number of aromatic nitrogens is 3. The molecule has 90 valence electrons. The van der Waals surface area contributed by atoms with Gasteiger partial charge >= 0.3 is 0 Å². The molecule has 1 unspecified atom stereocenters. The maximum atomic E-state index is 10.3. The molecule has 0 aliphatic carbocycles. The number of aliphatic hydroxyl groups excluding tert-OH is 1. The number of aryl methyl sites for hydroxylation is 3. The molecule has 0 aliphatic rings. The Labute approximate surface area is 108 Å². The van der Waals surface area contributed by atoms with Crippen LogP contribution in [-0.2, 0) is 7.05 Å². The molecule has 2 heterocycles. The predicted octanol–water partition coefficient (Wildman–Crippen LogP) is 2.28. The number of aliphatic hydroxyl groups is 1. The second-order valence-corrected chi connectivity index (χ2v) is 4.97. The highest BCUT2D eigenvalue weighted by molar-refractivity contribution is 9.10. The standard InChI is InChI=1S/C12H14BrN3O/c1-7-4-8(2)15-10(5-7)12(17)11-9(13)6-14-16(11)3/h4-6,12,17H,1-3H3. The van der Waals surface area contributed by atoms with Crippen molar-refractivity contribution in [1.82, 2.24) is 14.8 Å². The van der Waals surface area contributed by atoms with Crippen LogP contribution in [0.15, 0.2) is 22.8 Å². The van der Waals surface area contributed by atoms with Crippen LogP contribution in [0.3, 0.4) is 0 Å². The third-order valence-corrected chi connectivity index (χ3v) is 3.21. The largest absolute Gasteiger partial charge is 0.380 e. The zero-order valence-corrected chi connectivity index (χ0v) is 11.6. The van der Waals surface area contributed by atoms with Gasteiger partial charge in [0, 0.05) is 12.7 Å². The fraction of sp³-hybridized carbons (Fsp3) is 0.333. The first kappa shape index (κ1) is 12.3. The van der Waals surface area contributed by atoms with Crippen molar-refractivity contribution < 1.29 is 5.11 Å². The van der Waals surface area contributed by atoms with Crippen LogP contribution >= 0.6 is 15.9 Å². The van der Waals surface area contributed by atoms with E-state index in [1.165, 1.54) is 0 Å². The number of hydrogen-bond donors (Lipinski definition) is 1. The van der Waals surface area contributed by atoms with Crippen LogP contribution in [0.2, 0.25) is 0 Å². The Kier molecular flexibility index (Phi) is 3.31. The topological polar surface area (TPSA) is 50.9 Å². The van der Waals surface area contributed by atoms with Crippen molar-refractivity contribution in [3.8, 4) is 0 Å². The van der Waals surface area contributed by atoms with Crippen molar-refractivity contribution in [2.24, 2.45) is 7.05 Å². The summed E-state index contributed by atoms with van der Waals surface area (Å²) in [6, 6.07) is 3.87. The Hall–Kier alpha value is -1.20. The van der Waals surface area contributed by atoms with E-state index in [4.69, 9.17) is 0 Å². The third kappa shape index (κ3) is 2.40. The van der Waals surface area contributed by atoms with E-state index >= 15 is 0 Å². The zero-order chi connectivity index (χ0) is 12.6. The molecule has 1 N–H and O–H groups in total. The van der Waals surface area contributed by atoms with Crippen molar-refractivity contribution in [2.75, 3.05) is 0 Å². The summed E-state index contributed by atoms with van der Waals surface area (Å²) in [7, 11) is 1.80. The summed E-state index contributed by atoms with van der Waals surface area (Å²) in [5.74, 6) is 0. The van der Waals surface area contributed by atoms with E-state index in [9.17, 15) is 5.11 Å². The van der Waals surface area contributed by atoms with Gasteiger partial charge in [0.25, 0.3) is 0 Å². The molecule has 2 rings (SSSR count). The average Bonchev–Trinajstić information content (AvgIpc) is 2.56. The van der Waals surface area contributed by atoms with Crippen LogP contribution in [0, 0.1) is 13.8 Å². The Morgan fingerprint density at radius 1 is 1.35 bits per heavy atom. The van der Waals surface area contributed by atoms with E-state index in [0.717, 1.165) is 15.7 Å². The molecule has 0 saturated heterocycles. The van der Waals surface area contributed by atoms with Crippen LogP contribution in [0.25, 0.3) is 0 Å². The first-order valence-corrected chi connectivity index (χ1v) is 6.09. The summed E-state index contributed by atoms with van der Waals surface area (Å²) in [6.07, 6.45) is 0.900. The van der Waals surface area contributed by atoms with Crippen LogP contribution in [0.4, 0.5) is 0 Å². The molecule has 0 spiro atoms. The maximum Gasteiger partial charge on any atom is 0.139 e. The average molecular weight is 296 g/mol. The van der Waals surface area contributed by atoms with Gasteiger partial charge in [-0.2, -0.15) is 5.10 Å². The van der Waals surface area contributed by atoms with E-state index in [0.29, 0.717) is 11.4 Å². The molecule has 0 radical (unpaired) electrons. The predicted molar refractivity (Wildman–Crippen MR) is 68.7 cm³/mol. The third-order valence-electron chi connectivity index (χ3n) is 2.59. The fourth-order valence-corrected chi connectivity index (χ4v) is 2.45. The molecule has 0 saturated carbocycles.